The van der Waals surface area contributed by atoms with Gasteiger partial charge in [0.1, 0.15) is 0 Å². The van der Waals surface area contributed by atoms with Crippen molar-refractivity contribution >= 4 is 57.4 Å². The fraction of sp³-hybridized carbons (Fsp3) is 0.345. The van der Waals surface area contributed by atoms with Gasteiger partial charge in [0, 0.05) is 50.5 Å². The van der Waals surface area contributed by atoms with E-state index in [0.717, 1.165) is 11.3 Å². The molecule has 2 atom stereocenters. The lowest BCUT2D eigenvalue weighted by molar-refractivity contribution is 0.0767. The molecule has 204 valence electrons. The smallest absolute Gasteiger partial charge is 0.255 e. The number of nitriles is 1. The second kappa shape index (κ2) is 12.8. The Kier molecular flexibility index (Phi) is 9.73. The Bertz CT molecular complexity index is 1340. The van der Waals surface area contributed by atoms with Gasteiger partial charge in [-0.2, -0.15) is 5.26 Å². The summed E-state index contributed by atoms with van der Waals surface area (Å²) in [6.07, 6.45) is 1.54. The number of amides is 1. The number of pyridine rings is 1. The number of anilines is 1. The normalized spacial score (nSPS) is 17.4. The van der Waals surface area contributed by atoms with E-state index in [0.29, 0.717) is 66.1 Å². The van der Waals surface area contributed by atoms with Crippen molar-refractivity contribution in [2.45, 2.75) is 23.5 Å². The number of rotatable bonds is 8. The topological polar surface area (TPSA) is 83.7 Å². The minimum Gasteiger partial charge on any atom is -0.373 e. The van der Waals surface area contributed by atoms with Crippen LogP contribution < -0.4 is 4.90 Å². The summed E-state index contributed by atoms with van der Waals surface area (Å²) in [6, 6.07) is 18.6. The van der Waals surface area contributed by atoms with Crippen molar-refractivity contribution < 1.29 is 9.90 Å². The van der Waals surface area contributed by atoms with Gasteiger partial charge < -0.3 is 14.9 Å². The first-order valence-electron chi connectivity index (χ1n) is 12.8. The number of aromatic nitrogens is 1. The van der Waals surface area contributed by atoms with Crippen LogP contribution in [0, 0.1) is 11.3 Å². The van der Waals surface area contributed by atoms with Crippen molar-refractivity contribution in [2.75, 3.05) is 44.2 Å². The molecule has 1 fully saturated rings. The van der Waals surface area contributed by atoms with Gasteiger partial charge in [-0.05, 0) is 84.5 Å². The van der Waals surface area contributed by atoms with Gasteiger partial charge in [0.2, 0.25) is 0 Å². The first-order chi connectivity index (χ1) is 18.7. The van der Waals surface area contributed by atoms with E-state index in [-0.39, 0.29) is 11.9 Å². The fourth-order valence-electron chi connectivity index (χ4n) is 4.87. The monoisotopic (exact) mass is 677 g/mol. The number of aliphatic hydroxyl groups is 1. The minimum atomic E-state index is -1.26. The molecule has 1 aliphatic heterocycles. The number of carbonyl (C=O) groups excluding carboxylic acids is 1. The van der Waals surface area contributed by atoms with E-state index < -0.39 is 3.61 Å². The average Bonchev–Trinajstić information content (AvgIpc) is 2.94. The van der Waals surface area contributed by atoms with E-state index >= 15 is 0 Å². The molecule has 2 heterocycles. The second-order valence-corrected chi connectivity index (χ2v) is 12.1. The van der Waals surface area contributed by atoms with Crippen LogP contribution in [0.25, 0.3) is 0 Å². The Morgan fingerprint density at radius 1 is 1.15 bits per heavy atom. The molecule has 1 N–H and O–H groups in total. The minimum absolute atomic E-state index is 0.0596. The summed E-state index contributed by atoms with van der Waals surface area (Å²) in [6.45, 7) is 7.47. The average molecular weight is 678 g/mol. The van der Waals surface area contributed by atoms with Gasteiger partial charge in [0.05, 0.1) is 39.6 Å². The van der Waals surface area contributed by atoms with Crippen molar-refractivity contribution in [1.29, 1.82) is 5.26 Å². The summed E-state index contributed by atoms with van der Waals surface area (Å²) >= 11 is 14.8. The number of hydrogen-bond acceptors (Lipinski definition) is 6. The lowest BCUT2D eigenvalue weighted by atomic mass is 10.0. The predicted octanol–water partition coefficient (Wildman–Crippen LogP) is 5.89. The first-order valence-corrected chi connectivity index (χ1v) is 14.6. The third kappa shape index (κ3) is 6.84. The van der Waals surface area contributed by atoms with Crippen molar-refractivity contribution in [3.63, 3.8) is 0 Å². The van der Waals surface area contributed by atoms with Crippen LogP contribution in [0.4, 0.5) is 5.69 Å². The molecule has 1 aromatic heterocycles. The number of alkyl halides is 1. The van der Waals surface area contributed by atoms with Crippen molar-refractivity contribution in [2.24, 2.45) is 0 Å². The molecule has 0 aliphatic carbocycles. The van der Waals surface area contributed by atoms with Crippen LogP contribution in [-0.4, -0.2) is 65.1 Å². The van der Waals surface area contributed by atoms with E-state index in [2.05, 4.69) is 20.9 Å². The largest absolute Gasteiger partial charge is 0.373 e. The van der Waals surface area contributed by atoms with Crippen LogP contribution in [0.15, 0.2) is 60.8 Å². The maximum atomic E-state index is 12.7. The number of piperazine rings is 1. The highest BCUT2D eigenvalue weighted by atomic mass is 127. The van der Waals surface area contributed by atoms with Gasteiger partial charge in [-0.25, -0.2) is 0 Å². The van der Waals surface area contributed by atoms with Crippen LogP contribution in [0.3, 0.4) is 0 Å². The molecule has 0 saturated carbocycles. The van der Waals surface area contributed by atoms with Crippen LogP contribution in [-0.2, 0) is 3.61 Å². The Morgan fingerprint density at radius 3 is 2.46 bits per heavy atom. The summed E-state index contributed by atoms with van der Waals surface area (Å²) in [4.78, 5) is 23.3. The first kappa shape index (κ1) is 29.6. The predicted molar refractivity (Wildman–Crippen MR) is 164 cm³/mol. The van der Waals surface area contributed by atoms with Gasteiger partial charge in [-0.1, -0.05) is 35.3 Å². The number of halogens is 3. The highest BCUT2D eigenvalue weighted by Crippen LogP contribution is 2.37. The Labute approximate surface area is 253 Å². The number of nitrogens with zero attached hydrogens (tertiary/aromatic N) is 5. The summed E-state index contributed by atoms with van der Waals surface area (Å²) in [5, 5.41) is 21.9. The molecule has 0 bridgehead atoms. The number of β-amino-alcohol motifs (C(OH)–C–C–N with tert-alkyl or cyclic N) is 1. The Morgan fingerprint density at radius 2 is 1.87 bits per heavy atom. The van der Waals surface area contributed by atoms with Gasteiger partial charge in [0.25, 0.3) is 5.91 Å². The van der Waals surface area contributed by atoms with Crippen molar-refractivity contribution in [3.05, 3.63) is 93.2 Å². The second-order valence-electron chi connectivity index (χ2n) is 9.44. The van der Waals surface area contributed by atoms with Crippen LogP contribution in [0.2, 0.25) is 10.0 Å². The van der Waals surface area contributed by atoms with E-state index in [1.807, 2.05) is 66.8 Å². The van der Waals surface area contributed by atoms with Gasteiger partial charge >= 0.3 is 0 Å². The zero-order valence-corrected chi connectivity index (χ0v) is 25.5. The quantitative estimate of drug-likeness (QED) is 0.237. The molecule has 0 spiro atoms. The maximum absolute atomic E-state index is 12.7. The maximum Gasteiger partial charge on any atom is 0.255 e. The summed E-state index contributed by atoms with van der Waals surface area (Å²) in [7, 11) is 0. The molecule has 3 aromatic rings. The third-order valence-corrected chi connectivity index (χ3v) is 8.44. The summed E-state index contributed by atoms with van der Waals surface area (Å²) < 4.78 is -1.26. The van der Waals surface area contributed by atoms with Gasteiger partial charge in [-0.15, -0.1) is 0 Å². The SMILES string of the molecule is CCN(CC)C(=O)c1ccc([C@@](O)(I)CN2CCN(c3ccc(C#N)cc3Cl)[C@H](c3ccc(Cl)cc3)C2)nc1. The molecular weight excluding hydrogens is 648 g/mol. The molecule has 2 aromatic carbocycles. The highest BCUT2D eigenvalue weighted by molar-refractivity contribution is 14.1. The highest BCUT2D eigenvalue weighted by Gasteiger charge is 2.36. The lowest BCUT2D eigenvalue weighted by Crippen LogP contribution is -2.51. The van der Waals surface area contributed by atoms with Crippen molar-refractivity contribution in [1.82, 2.24) is 14.8 Å². The van der Waals surface area contributed by atoms with Crippen LogP contribution in [0.1, 0.15) is 47.1 Å². The lowest BCUT2D eigenvalue weighted by Gasteiger charge is -2.44. The molecule has 1 saturated heterocycles. The number of benzene rings is 2. The number of hydrogen-bond donors (Lipinski definition) is 1. The van der Waals surface area contributed by atoms with Gasteiger partial charge in [0.15, 0.2) is 3.61 Å². The standard InChI is InChI=1S/C29H30Cl2IN5O2/c1-3-36(4-2)28(38)22-8-12-27(34-17-22)29(32,39)19-35-13-14-37(25-11-5-20(16-33)15-24(25)31)26(18-35)21-6-9-23(30)10-7-21/h5-12,15,17,26,39H,3-4,13-14,18-19H2,1-2H3/t26-,29+/m0/s1. The molecule has 1 amide bonds. The third-order valence-electron chi connectivity index (χ3n) is 6.99. The molecular formula is C29H30Cl2IN5O2. The molecule has 0 unspecified atom stereocenters. The Balaban J connectivity index is 1.55. The molecule has 10 heteroatoms. The van der Waals surface area contributed by atoms with E-state index in [1.165, 1.54) is 0 Å². The summed E-state index contributed by atoms with van der Waals surface area (Å²) in [5.74, 6) is -0.0700. The summed E-state index contributed by atoms with van der Waals surface area (Å²) in [5.41, 5.74) is 3.44. The molecule has 1 aliphatic rings. The van der Waals surface area contributed by atoms with E-state index in [9.17, 15) is 15.2 Å². The van der Waals surface area contributed by atoms with Crippen molar-refractivity contribution in [3.8, 4) is 6.07 Å². The fourth-order valence-corrected chi connectivity index (χ4v) is 6.09. The van der Waals surface area contributed by atoms with Crippen LogP contribution >= 0.6 is 45.8 Å². The van der Waals surface area contributed by atoms with Gasteiger partial charge in [-0.3, -0.25) is 14.7 Å². The zero-order chi connectivity index (χ0) is 28.2. The molecule has 39 heavy (non-hydrogen) atoms. The number of carbonyl (C=O) groups is 1. The molecule has 4 rings (SSSR count). The van der Waals surface area contributed by atoms with E-state index in [1.54, 1.807) is 35.4 Å². The zero-order valence-electron chi connectivity index (χ0n) is 21.8. The van der Waals surface area contributed by atoms with E-state index in [4.69, 9.17) is 23.2 Å². The molecule has 0 radical (unpaired) electrons. The Hall–Kier alpha value is -2.42. The molecule has 7 nitrogen and oxygen atoms in total. The van der Waals surface area contributed by atoms with Crippen LogP contribution in [0.5, 0.6) is 0 Å².